The molecule has 0 saturated heterocycles. The second kappa shape index (κ2) is 3.21. The molecule has 3 nitrogen and oxygen atoms in total. The Labute approximate surface area is 41.2 Å². The minimum absolute atomic E-state index is 1.10. The van der Waals surface area contributed by atoms with Gasteiger partial charge >= 0.3 is 6.16 Å². The monoisotopic (exact) mass is 102 g/mol. The van der Waals surface area contributed by atoms with Crippen LogP contribution in [0.15, 0.2) is 12.3 Å². The number of ether oxygens (including phenoxy) is 1. The van der Waals surface area contributed by atoms with E-state index in [-0.39, 0.29) is 0 Å². The van der Waals surface area contributed by atoms with Crippen molar-refractivity contribution in [1.82, 2.24) is 0 Å². The number of allylic oxidation sites excluding steroid dienone is 1. The maximum absolute atomic E-state index is 9.48. The van der Waals surface area contributed by atoms with Crippen molar-refractivity contribution >= 4 is 6.16 Å². The van der Waals surface area contributed by atoms with Crippen molar-refractivity contribution in [3.8, 4) is 0 Å². The Hall–Kier alpha value is -0.990. The first-order chi connectivity index (χ1) is 3.27. The van der Waals surface area contributed by atoms with Crippen molar-refractivity contribution in [2.24, 2.45) is 0 Å². The second-order valence-electron chi connectivity index (χ2n) is 0.853. The van der Waals surface area contributed by atoms with Crippen LogP contribution in [-0.2, 0) is 4.74 Å². The van der Waals surface area contributed by atoms with Crippen LogP contribution in [0.1, 0.15) is 6.92 Å². The summed E-state index contributed by atoms with van der Waals surface area (Å²) in [6.45, 7) is 1.67. The van der Waals surface area contributed by atoms with Gasteiger partial charge in [-0.1, -0.05) is 6.08 Å². The summed E-state index contributed by atoms with van der Waals surface area (Å²) in [5.74, 6) is 0. The van der Waals surface area contributed by atoms with Crippen LogP contribution in [0, 0.1) is 0 Å². The summed E-state index contributed by atoms with van der Waals surface area (Å²) in [6.07, 6.45) is 1.31. The smallest absolute Gasteiger partial charge is 0.449 e. The van der Waals surface area contributed by atoms with E-state index in [2.05, 4.69) is 4.74 Å². The van der Waals surface area contributed by atoms with Crippen LogP contribution >= 0.6 is 0 Å². The van der Waals surface area contributed by atoms with Crippen LogP contribution < -0.4 is 0 Å². The largest absolute Gasteiger partial charge is 0.510 e. The highest BCUT2D eigenvalue weighted by atomic mass is 16.7. The molecule has 0 spiro atoms. The quantitative estimate of drug-likeness (QED) is 0.400. The lowest BCUT2D eigenvalue weighted by molar-refractivity contribution is 0.128. The molecule has 0 fully saturated rings. The fourth-order valence-corrected chi connectivity index (χ4v) is 0.126. The summed E-state index contributed by atoms with van der Waals surface area (Å²) in [5.41, 5.74) is 0. The summed E-state index contributed by atoms with van der Waals surface area (Å²) in [4.78, 5) is 9.48. The van der Waals surface area contributed by atoms with Gasteiger partial charge in [0.1, 0.15) is 0 Å². The molecular weight excluding hydrogens is 96.0 g/mol. The fraction of sp³-hybridized carbons (Fsp3) is 0.250. The maximum atomic E-state index is 9.48. The highest BCUT2D eigenvalue weighted by Crippen LogP contribution is 1.75. The zero-order valence-electron chi connectivity index (χ0n) is 3.92. The van der Waals surface area contributed by atoms with Crippen molar-refractivity contribution in [2.75, 3.05) is 0 Å². The van der Waals surface area contributed by atoms with Crippen LogP contribution in [0.5, 0.6) is 0 Å². The Morgan fingerprint density at radius 1 is 1.86 bits per heavy atom. The van der Waals surface area contributed by atoms with Crippen molar-refractivity contribution in [3.05, 3.63) is 12.3 Å². The molecule has 0 aromatic rings. The molecule has 0 radical (unpaired) electrons. The predicted molar refractivity (Wildman–Crippen MR) is 23.9 cm³/mol. The third-order valence-corrected chi connectivity index (χ3v) is 0.305. The Morgan fingerprint density at radius 2 is 2.43 bits per heavy atom. The lowest BCUT2D eigenvalue weighted by atomic mass is 10.7. The van der Waals surface area contributed by atoms with Gasteiger partial charge in [-0.3, -0.25) is 0 Å². The number of rotatable bonds is 1. The lowest BCUT2D eigenvalue weighted by Crippen LogP contribution is -1.90. The van der Waals surface area contributed by atoms with Gasteiger partial charge in [0.25, 0.3) is 0 Å². The summed E-state index contributed by atoms with van der Waals surface area (Å²) in [6, 6.07) is 0. The van der Waals surface area contributed by atoms with Crippen LogP contribution in [0.2, 0.25) is 0 Å². The van der Waals surface area contributed by atoms with Crippen LogP contribution in [0.25, 0.3) is 0 Å². The normalized spacial score (nSPS) is 9.29. The Bertz CT molecular complexity index is 84.9. The molecule has 0 aliphatic rings. The zero-order valence-corrected chi connectivity index (χ0v) is 3.92. The molecule has 0 aromatic carbocycles. The molecule has 0 bridgehead atoms. The van der Waals surface area contributed by atoms with Crippen LogP contribution in [0.4, 0.5) is 4.79 Å². The maximum Gasteiger partial charge on any atom is 0.510 e. The van der Waals surface area contributed by atoms with E-state index in [9.17, 15) is 4.79 Å². The van der Waals surface area contributed by atoms with E-state index in [1.54, 1.807) is 6.92 Å². The molecule has 0 atom stereocenters. The third kappa shape index (κ3) is 5.01. The SMILES string of the molecule is C/C=C/OC(=O)O. The molecular formula is C4H6O3. The summed E-state index contributed by atoms with van der Waals surface area (Å²) in [5, 5.41) is 7.77. The van der Waals surface area contributed by atoms with E-state index >= 15 is 0 Å². The zero-order chi connectivity index (χ0) is 5.70. The Balaban J connectivity index is 3.14. The average Bonchev–Trinajstić information content (AvgIpc) is 1.61. The molecule has 0 saturated carbocycles. The summed E-state index contributed by atoms with van der Waals surface area (Å²) >= 11 is 0. The van der Waals surface area contributed by atoms with Gasteiger partial charge in [-0.05, 0) is 6.92 Å². The predicted octanol–water partition coefficient (Wildman–Crippen LogP) is 1.21. The molecule has 0 aliphatic heterocycles. The van der Waals surface area contributed by atoms with Crippen molar-refractivity contribution < 1.29 is 14.6 Å². The Kier molecular flexibility index (Phi) is 2.76. The van der Waals surface area contributed by atoms with Crippen molar-refractivity contribution in [1.29, 1.82) is 0 Å². The number of hydrogen-bond donors (Lipinski definition) is 1. The van der Waals surface area contributed by atoms with Gasteiger partial charge in [0.15, 0.2) is 0 Å². The molecule has 0 aromatic heterocycles. The molecule has 0 unspecified atom stereocenters. The lowest BCUT2D eigenvalue weighted by Gasteiger charge is -1.83. The van der Waals surface area contributed by atoms with E-state index < -0.39 is 6.16 Å². The van der Waals surface area contributed by atoms with E-state index in [4.69, 9.17) is 5.11 Å². The number of carbonyl (C=O) groups is 1. The molecule has 7 heavy (non-hydrogen) atoms. The van der Waals surface area contributed by atoms with Gasteiger partial charge in [0.2, 0.25) is 0 Å². The molecule has 1 N–H and O–H groups in total. The first kappa shape index (κ1) is 6.01. The average molecular weight is 102 g/mol. The fourth-order valence-electron chi connectivity index (χ4n) is 0.126. The topological polar surface area (TPSA) is 46.5 Å². The molecule has 0 rings (SSSR count). The molecule has 3 heteroatoms. The van der Waals surface area contributed by atoms with Crippen molar-refractivity contribution in [2.45, 2.75) is 6.92 Å². The Morgan fingerprint density at radius 3 is 2.57 bits per heavy atom. The van der Waals surface area contributed by atoms with Crippen LogP contribution in [0.3, 0.4) is 0 Å². The van der Waals surface area contributed by atoms with Gasteiger partial charge in [0.05, 0.1) is 6.26 Å². The third-order valence-electron chi connectivity index (χ3n) is 0.305. The highest BCUT2D eigenvalue weighted by Gasteiger charge is 1.85. The highest BCUT2D eigenvalue weighted by molar-refractivity contribution is 5.57. The van der Waals surface area contributed by atoms with E-state index in [0.717, 1.165) is 6.26 Å². The first-order valence-corrected chi connectivity index (χ1v) is 1.78. The number of carboxylic acid groups (broad SMARTS) is 1. The second-order valence-corrected chi connectivity index (χ2v) is 0.853. The van der Waals surface area contributed by atoms with Gasteiger partial charge < -0.3 is 9.84 Å². The molecule has 0 amide bonds. The summed E-state index contributed by atoms with van der Waals surface area (Å²) in [7, 11) is 0. The molecule has 0 aliphatic carbocycles. The van der Waals surface area contributed by atoms with Gasteiger partial charge in [-0.25, -0.2) is 4.79 Å². The van der Waals surface area contributed by atoms with Crippen molar-refractivity contribution in [3.63, 3.8) is 0 Å². The van der Waals surface area contributed by atoms with Gasteiger partial charge in [-0.2, -0.15) is 0 Å². The first-order valence-electron chi connectivity index (χ1n) is 1.78. The van der Waals surface area contributed by atoms with Crippen LogP contribution in [-0.4, -0.2) is 11.3 Å². The van der Waals surface area contributed by atoms with E-state index in [1.165, 1.54) is 6.08 Å². The minimum Gasteiger partial charge on any atom is -0.449 e. The van der Waals surface area contributed by atoms with Gasteiger partial charge in [0, 0.05) is 0 Å². The van der Waals surface area contributed by atoms with E-state index in [0.29, 0.717) is 0 Å². The summed E-state index contributed by atoms with van der Waals surface area (Å²) < 4.78 is 3.93. The standard InChI is InChI=1S/C4H6O3/c1-2-3-7-4(5)6/h2-3H,1H3,(H,5,6)/b3-2+. The minimum atomic E-state index is -1.28. The molecule has 0 heterocycles. The number of hydrogen-bond acceptors (Lipinski definition) is 2. The molecule has 40 valence electrons. The van der Waals surface area contributed by atoms with E-state index in [1.807, 2.05) is 0 Å². The van der Waals surface area contributed by atoms with Gasteiger partial charge in [-0.15, -0.1) is 0 Å².